The van der Waals surface area contributed by atoms with Crippen LogP contribution < -0.4 is 0 Å². The molecule has 10 nitrogen and oxygen atoms in total. The molecule has 0 amide bonds. The van der Waals surface area contributed by atoms with E-state index in [1.165, 1.54) is 12.5 Å². The zero-order chi connectivity index (χ0) is 27.9. The third-order valence-corrected chi connectivity index (χ3v) is 12.0. The van der Waals surface area contributed by atoms with Crippen molar-refractivity contribution < 1.29 is 48.3 Å². The summed E-state index contributed by atoms with van der Waals surface area (Å²) >= 11 is 0. The summed E-state index contributed by atoms with van der Waals surface area (Å²) in [4.78, 5) is 40.2. The Balaban J connectivity index is 1.63. The summed E-state index contributed by atoms with van der Waals surface area (Å²) < 4.78 is 22.9. The molecule has 0 radical (unpaired) electrons. The van der Waals surface area contributed by atoms with E-state index in [0.29, 0.717) is 5.56 Å². The number of fused-ring (bicyclic) bond motifs is 3. The molecule has 10 unspecified atom stereocenters. The highest BCUT2D eigenvalue weighted by atomic mass is 16.6. The highest BCUT2D eigenvalue weighted by molar-refractivity contribution is 5.95. The lowest BCUT2D eigenvalue weighted by Gasteiger charge is -2.71. The second-order valence-electron chi connectivity index (χ2n) is 13.3. The van der Waals surface area contributed by atoms with Gasteiger partial charge >= 0.3 is 11.9 Å². The second kappa shape index (κ2) is 7.08. The molecule has 3 saturated carbocycles. The first-order chi connectivity index (χ1) is 17.5. The smallest absolute Gasteiger partial charge is 0.335 e. The summed E-state index contributed by atoms with van der Waals surface area (Å²) in [5.41, 5.74) is -10.3. The number of esters is 2. The van der Waals surface area contributed by atoms with Crippen LogP contribution in [0.25, 0.3) is 0 Å². The highest BCUT2D eigenvalue weighted by Gasteiger charge is 2.92. The van der Waals surface area contributed by atoms with Gasteiger partial charge in [-0.2, -0.15) is 0 Å². The van der Waals surface area contributed by atoms with Crippen molar-refractivity contribution in [3.63, 3.8) is 0 Å². The van der Waals surface area contributed by atoms with E-state index in [2.05, 4.69) is 0 Å². The van der Waals surface area contributed by atoms with Gasteiger partial charge in [-0.3, -0.25) is 9.59 Å². The largest absolute Gasteiger partial charge is 0.472 e. The number of Topliss-reactive ketones (excluding diaryl/α,β-unsaturated/α-hetero) is 1. The fourth-order valence-electron chi connectivity index (χ4n) is 9.76. The minimum Gasteiger partial charge on any atom is -0.472 e. The summed E-state index contributed by atoms with van der Waals surface area (Å²) in [6.45, 7) is 8.76. The number of carbonyl (C=O) groups excluding carboxylic acids is 3. The lowest BCUT2D eigenvalue weighted by molar-refractivity contribution is -0.364. The van der Waals surface area contributed by atoms with Gasteiger partial charge in [-0.15, -0.1) is 0 Å². The van der Waals surface area contributed by atoms with Crippen molar-refractivity contribution in [1.82, 2.24) is 0 Å². The summed E-state index contributed by atoms with van der Waals surface area (Å²) in [7, 11) is 1.15. The Labute approximate surface area is 220 Å². The molecule has 1 aromatic heterocycles. The Kier molecular flexibility index (Phi) is 4.84. The van der Waals surface area contributed by atoms with Crippen LogP contribution >= 0.6 is 0 Å². The van der Waals surface area contributed by atoms with Gasteiger partial charge in [0.2, 0.25) is 0 Å². The van der Waals surface area contributed by atoms with Crippen LogP contribution in [0.5, 0.6) is 0 Å². The molecule has 3 N–H and O–H groups in total. The van der Waals surface area contributed by atoms with Crippen LogP contribution in [0.3, 0.4) is 0 Å². The third kappa shape index (κ3) is 2.32. The van der Waals surface area contributed by atoms with Crippen LogP contribution in [-0.2, 0) is 28.6 Å². The molecule has 6 rings (SSSR count). The van der Waals surface area contributed by atoms with Gasteiger partial charge in [0.05, 0.1) is 43.0 Å². The van der Waals surface area contributed by atoms with E-state index < -0.39 is 81.1 Å². The average molecular weight is 533 g/mol. The molecule has 10 heteroatoms. The number of cyclic esters (lactones) is 1. The van der Waals surface area contributed by atoms with Crippen molar-refractivity contribution in [3.8, 4) is 0 Å². The molecule has 1 aromatic rings. The van der Waals surface area contributed by atoms with Crippen LogP contribution in [-0.4, -0.2) is 68.7 Å². The van der Waals surface area contributed by atoms with Crippen molar-refractivity contribution in [2.75, 3.05) is 7.11 Å². The zero-order valence-electron chi connectivity index (χ0n) is 22.6. The molecular weight excluding hydrogens is 496 g/mol. The van der Waals surface area contributed by atoms with E-state index in [1.807, 2.05) is 20.8 Å². The lowest BCUT2D eigenvalue weighted by atomic mass is 9.33. The Morgan fingerprint density at radius 3 is 2.39 bits per heavy atom. The summed E-state index contributed by atoms with van der Waals surface area (Å²) in [6, 6.07) is 1.67. The van der Waals surface area contributed by atoms with Gasteiger partial charge in [0.25, 0.3) is 0 Å². The number of aliphatic hydroxyl groups is 3. The predicted molar refractivity (Wildman–Crippen MR) is 128 cm³/mol. The van der Waals surface area contributed by atoms with Gasteiger partial charge in [0, 0.05) is 22.3 Å². The summed E-state index contributed by atoms with van der Waals surface area (Å²) in [5, 5.41) is 37.1. The van der Waals surface area contributed by atoms with Crippen molar-refractivity contribution in [1.29, 1.82) is 0 Å². The van der Waals surface area contributed by atoms with Crippen molar-refractivity contribution in [2.24, 2.45) is 28.1 Å². The average Bonchev–Trinajstić information content (AvgIpc) is 3.48. The minimum absolute atomic E-state index is 0.00320. The predicted octanol–water partition coefficient (Wildman–Crippen LogP) is 1.84. The highest BCUT2D eigenvalue weighted by Crippen LogP contribution is 2.80. The first kappa shape index (κ1) is 26.0. The van der Waals surface area contributed by atoms with Gasteiger partial charge in [-0.1, -0.05) is 20.8 Å². The van der Waals surface area contributed by atoms with E-state index in [4.69, 9.17) is 18.6 Å². The van der Waals surface area contributed by atoms with E-state index in [-0.39, 0.29) is 25.0 Å². The molecule has 208 valence electrons. The molecule has 3 bridgehead atoms. The second-order valence-corrected chi connectivity index (χ2v) is 13.3. The molecule has 5 fully saturated rings. The summed E-state index contributed by atoms with van der Waals surface area (Å²) in [6.07, 6.45) is 0.0343. The van der Waals surface area contributed by atoms with E-state index >= 15 is 0 Å². The van der Waals surface area contributed by atoms with Crippen LogP contribution in [0.1, 0.15) is 72.0 Å². The molecule has 1 spiro atoms. The number of ether oxygens (including phenoxy) is 3. The standard InChI is InChI=1S/C28H36O10/c1-22(2)18(17(30)21(32)35-6)24(4)19(31)15-11-28(38-25(15,22)5)26(24,33)9-8-23(3)20(14-7-10-36-13-14)37-16(29)12-27(23,28)34/h7,10,13,15,17-18,20,30,33-34H,8-9,11-12H2,1-6H3. The topological polar surface area (TPSA) is 153 Å². The molecule has 5 aliphatic rings. The number of rotatable bonds is 3. The number of hydrogen-bond acceptors (Lipinski definition) is 10. The van der Waals surface area contributed by atoms with Crippen LogP contribution in [0.2, 0.25) is 0 Å². The van der Waals surface area contributed by atoms with Crippen LogP contribution in [0, 0.1) is 28.1 Å². The van der Waals surface area contributed by atoms with Gasteiger partial charge in [-0.05, 0) is 39.2 Å². The molecule has 3 heterocycles. The monoisotopic (exact) mass is 532 g/mol. The Hall–Kier alpha value is -2.27. The lowest BCUT2D eigenvalue weighted by Crippen LogP contribution is -2.85. The minimum atomic E-state index is -2.02. The van der Waals surface area contributed by atoms with Gasteiger partial charge in [-0.25, -0.2) is 4.79 Å². The fourth-order valence-corrected chi connectivity index (χ4v) is 9.76. The van der Waals surface area contributed by atoms with Gasteiger partial charge in [0.15, 0.2) is 6.10 Å². The Morgan fingerprint density at radius 1 is 1.11 bits per heavy atom. The zero-order valence-corrected chi connectivity index (χ0v) is 22.6. The van der Waals surface area contributed by atoms with Crippen molar-refractivity contribution in [2.45, 2.75) is 94.9 Å². The molecule has 3 aliphatic carbocycles. The maximum Gasteiger partial charge on any atom is 0.335 e. The van der Waals surface area contributed by atoms with Crippen molar-refractivity contribution in [3.05, 3.63) is 24.2 Å². The number of ketones is 1. The number of carbonyl (C=O) groups is 3. The third-order valence-electron chi connectivity index (χ3n) is 12.0. The summed E-state index contributed by atoms with van der Waals surface area (Å²) in [5.74, 6) is -3.75. The number of aliphatic hydroxyl groups excluding tert-OH is 1. The fraction of sp³-hybridized carbons (Fsp3) is 0.750. The van der Waals surface area contributed by atoms with Gasteiger partial charge in [0.1, 0.15) is 28.7 Å². The quantitative estimate of drug-likeness (QED) is 0.492. The molecule has 0 aromatic carbocycles. The van der Waals surface area contributed by atoms with Crippen LogP contribution in [0.4, 0.5) is 0 Å². The molecule has 38 heavy (non-hydrogen) atoms. The van der Waals surface area contributed by atoms with E-state index in [1.54, 1.807) is 19.9 Å². The van der Waals surface area contributed by atoms with Gasteiger partial charge < -0.3 is 33.9 Å². The number of methoxy groups -OCH3 is 1. The first-order valence-electron chi connectivity index (χ1n) is 13.2. The number of hydrogen-bond donors (Lipinski definition) is 3. The van der Waals surface area contributed by atoms with E-state index in [9.17, 15) is 29.7 Å². The Bertz CT molecular complexity index is 1240. The first-order valence-corrected chi connectivity index (χ1v) is 13.2. The normalized spacial score (nSPS) is 51.1. The van der Waals surface area contributed by atoms with E-state index in [0.717, 1.165) is 7.11 Å². The molecule has 2 saturated heterocycles. The van der Waals surface area contributed by atoms with Crippen LogP contribution in [0.15, 0.2) is 23.0 Å². The number of furan rings is 1. The maximum absolute atomic E-state index is 14.3. The Morgan fingerprint density at radius 2 is 1.79 bits per heavy atom. The van der Waals surface area contributed by atoms with Crippen molar-refractivity contribution >= 4 is 17.7 Å². The maximum atomic E-state index is 14.3. The SMILES string of the molecule is COC(=O)C(O)C1C(C)(C)C2(C)OC34CC2C(=O)C1(C)C3(O)CCC1(C)C(c2ccoc2)OC(=O)CC14O. The molecule has 10 atom stereocenters. The molecule has 2 aliphatic heterocycles. The molecular formula is C28H36O10.